The van der Waals surface area contributed by atoms with E-state index in [4.69, 9.17) is 11.6 Å². The molecule has 80 valence electrons. The van der Waals surface area contributed by atoms with Crippen LogP contribution in [0.1, 0.15) is 11.1 Å². The molecule has 0 N–H and O–H groups in total. The number of nitrogens with zero attached hydrogens (tertiary/aromatic N) is 1. The molecule has 1 nitrogen and oxygen atoms in total. The number of alkyl halides is 4. The molecule has 0 spiro atoms. The van der Waals surface area contributed by atoms with Crippen molar-refractivity contribution < 1.29 is 13.2 Å². The number of aromatic nitrogens is 1. The molecular weight excluding hydrogens is 294 g/mol. The molecule has 1 rings (SSSR count). The van der Waals surface area contributed by atoms with Crippen LogP contribution in [0.5, 0.6) is 0 Å². The predicted octanol–water partition coefficient (Wildman–Crippen LogP) is 3.50. The number of halogens is 5. The highest BCUT2D eigenvalue weighted by Crippen LogP contribution is 2.30. The number of rotatable bonds is 0. The van der Waals surface area contributed by atoms with E-state index in [1.54, 1.807) is 0 Å². The van der Waals surface area contributed by atoms with Gasteiger partial charge in [-0.25, -0.2) is 4.98 Å². The van der Waals surface area contributed by atoms with Gasteiger partial charge in [0, 0.05) is 6.20 Å². The summed E-state index contributed by atoms with van der Waals surface area (Å²) in [5.41, 5.74) is -0.781. The summed E-state index contributed by atoms with van der Waals surface area (Å²) in [4.78, 5) is 3.43. The van der Waals surface area contributed by atoms with Gasteiger partial charge in [0.1, 0.15) is 5.15 Å². The Morgan fingerprint density at radius 3 is 2.67 bits per heavy atom. The summed E-state index contributed by atoms with van der Waals surface area (Å²) in [6.07, 6.45) is -3.75. The van der Waals surface area contributed by atoms with Gasteiger partial charge in [-0.1, -0.05) is 39.4 Å². The van der Waals surface area contributed by atoms with Crippen LogP contribution in [-0.4, -0.2) is 10.3 Å². The van der Waals surface area contributed by atoms with Gasteiger partial charge < -0.3 is 0 Å². The lowest BCUT2D eigenvalue weighted by Crippen LogP contribution is -2.06. The summed E-state index contributed by atoms with van der Waals surface area (Å²) in [5.74, 6) is 5.04. The molecule has 0 fully saturated rings. The van der Waals surface area contributed by atoms with Crippen LogP contribution in [-0.2, 0) is 6.18 Å². The minimum atomic E-state index is -4.43. The van der Waals surface area contributed by atoms with E-state index in [-0.39, 0.29) is 10.7 Å². The number of hydrogen-bond donors (Lipinski definition) is 0. The summed E-state index contributed by atoms with van der Waals surface area (Å²) in [6.45, 7) is 0. The molecule has 0 bridgehead atoms. The van der Waals surface area contributed by atoms with Crippen LogP contribution in [0, 0.1) is 11.8 Å². The summed E-state index contributed by atoms with van der Waals surface area (Å²) < 4.78 is 36.8. The topological polar surface area (TPSA) is 12.9 Å². The first-order valence-electron chi connectivity index (χ1n) is 3.72. The van der Waals surface area contributed by atoms with Crippen molar-refractivity contribution in [2.45, 2.75) is 6.18 Å². The Hall–Kier alpha value is -0.730. The quantitative estimate of drug-likeness (QED) is 0.406. The van der Waals surface area contributed by atoms with E-state index < -0.39 is 11.7 Å². The zero-order valence-corrected chi connectivity index (χ0v) is 9.54. The Labute approximate surface area is 97.8 Å². The molecule has 15 heavy (non-hydrogen) atoms. The van der Waals surface area contributed by atoms with Crippen LogP contribution in [0.15, 0.2) is 12.3 Å². The van der Waals surface area contributed by atoms with E-state index >= 15 is 0 Å². The van der Waals surface area contributed by atoms with Crippen LogP contribution >= 0.6 is 27.5 Å². The smallest absolute Gasteiger partial charge is 0.243 e. The third kappa shape index (κ3) is 3.40. The monoisotopic (exact) mass is 297 g/mol. The molecule has 1 aromatic rings. The van der Waals surface area contributed by atoms with Crippen LogP contribution in [0.4, 0.5) is 13.2 Å². The fourth-order valence-electron chi connectivity index (χ4n) is 0.819. The van der Waals surface area contributed by atoms with E-state index in [2.05, 4.69) is 32.8 Å². The largest absolute Gasteiger partial charge is 0.417 e. The normalized spacial score (nSPS) is 10.7. The van der Waals surface area contributed by atoms with E-state index in [0.717, 1.165) is 6.07 Å². The Bertz CT molecular complexity index is 420. The molecule has 0 atom stereocenters. The first-order valence-corrected chi connectivity index (χ1v) is 5.22. The van der Waals surface area contributed by atoms with Gasteiger partial charge in [0.2, 0.25) is 0 Å². The Kier molecular flexibility index (Phi) is 4.00. The summed E-state index contributed by atoms with van der Waals surface area (Å²) >= 11 is 8.62. The van der Waals surface area contributed by atoms with E-state index in [1.807, 2.05) is 0 Å². The molecule has 6 heteroatoms. The minimum Gasteiger partial charge on any atom is -0.243 e. The molecule has 1 heterocycles. The summed E-state index contributed by atoms with van der Waals surface area (Å²) in [7, 11) is 0. The highest BCUT2D eigenvalue weighted by atomic mass is 79.9. The number of pyridine rings is 1. The number of hydrogen-bond acceptors (Lipinski definition) is 1. The van der Waals surface area contributed by atoms with Gasteiger partial charge in [-0.15, -0.1) is 0 Å². The molecule has 0 saturated carbocycles. The van der Waals surface area contributed by atoms with E-state index in [1.165, 1.54) is 0 Å². The molecule has 0 radical (unpaired) electrons. The first-order chi connectivity index (χ1) is 6.95. The molecule has 0 saturated heterocycles. The molecule has 1 aromatic heterocycles. The SMILES string of the molecule is FC(F)(F)c1cnc(Cl)c(C#CCBr)c1. The van der Waals surface area contributed by atoms with Crippen molar-refractivity contribution in [3.63, 3.8) is 0 Å². The molecular formula is C9H4BrClF3N. The highest BCUT2D eigenvalue weighted by molar-refractivity contribution is 9.09. The van der Waals surface area contributed by atoms with Crippen LogP contribution in [0.2, 0.25) is 5.15 Å². The molecule has 0 aliphatic rings. The molecule has 0 unspecified atom stereocenters. The lowest BCUT2D eigenvalue weighted by molar-refractivity contribution is -0.137. The average Bonchev–Trinajstić information content (AvgIpc) is 2.15. The standard InChI is InChI=1S/C9H4BrClF3N/c10-3-1-2-6-4-7(9(12,13)14)5-15-8(6)11/h4-5H,3H2. The maximum Gasteiger partial charge on any atom is 0.417 e. The first kappa shape index (κ1) is 12.3. The van der Waals surface area contributed by atoms with Crippen molar-refractivity contribution in [3.05, 3.63) is 28.5 Å². The Balaban J connectivity index is 3.17. The second-order valence-corrected chi connectivity index (χ2v) is 3.41. The summed E-state index contributed by atoms with van der Waals surface area (Å²) in [5, 5.41) is 0.330. The van der Waals surface area contributed by atoms with Crippen molar-refractivity contribution >= 4 is 27.5 Å². The maximum absolute atomic E-state index is 12.3. The fraction of sp³-hybridized carbons (Fsp3) is 0.222. The van der Waals surface area contributed by atoms with Gasteiger partial charge in [-0.2, -0.15) is 13.2 Å². The zero-order valence-electron chi connectivity index (χ0n) is 7.20. The summed E-state index contributed by atoms with van der Waals surface area (Å²) in [6, 6.07) is 0.880. The third-order valence-corrected chi connectivity index (χ3v) is 2.04. The van der Waals surface area contributed by atoms with Gasteiger partial charge in [-0.3, -0.25) is 0 Å². The second kappa shape index (κ2) is 4.86. The van der Waals surface area contributed by atoms with Gasteiger partial charge in [0.15, 0.2) is 0 Å². The zero-order chi connectivity index (χ0) is 11.5. The average molecular weight is 298 g/mol. The van der Waals surface area contributed by atoms with Crippen molar-refractivity contribution in [1.82, 2.24) is 4.98 Å². The predicted molar refractivity (Wildman–Crippen MR) is 54.9 cm³/mol. The van der Waals surface area contributed by atoms with Crippen LogP contribution < -0.4 is 0 Å². The Morgan fingerprint density at radius 1 is 1.47 bits per heavy atom. The second-order valence-electron chi connectivity index (χ2n) is 2.50. The van der Waals surface area contributed by atoms with Crippen LogP contribution in [0.25, 0.3) is 0 Å². The molecule has 0 aliphatic carbocycles. The van der Waals surface area contributed by atoms with E-state index in [9.17, 15) is 13.2 Å². The van der Waals surface area contributed by atoms with Crippen molar-refractivity contribution in [2.75, 3.05) is 5.33 Å². The fourth-order valence-corrected chi connectivity index (χ4v) is 1.11. The van der Waals surface area contributed by atoms with Crippen LogP contribution in [0.3, 0.4) is 0 Å². The third-order valence-electron chi connectivity index (χ3n) is 1.46. The van der Waals surface area contributed by atoms with Crippen molar-refractivity contribution in [3.8, 4) is 11.8 Å². The minimum absolute atomic E-state index is 0.0311. The van der Waals surface area contributed by atoms with Crippen molar-refractivity contribution in [1.29, 1.82) is 0 Å². The van der Waals surface area contributed by atoms with Gasteiger partial charge in [0.25, 0.3) is 0 Å². The van der Waals surface area contributed by atoms with Gasteiger partial charge >= 0.3 is 6.18 Å². The van der Waals surface area contributed by atoms with Gasteiger partial charge in [0.05, 0.1) is 16.5 Å². The molecule has 0 aromatic carbocycles. The lowest BCUT2D eigenvalue weighted by atomic mass is 10.2. The van der Waals surface area contributed by atoms with Crippen molar-refractivity contribution in [2.24, 2.45) is 0 Å². The Morgan fingerprint density at radius 2 is 2.13 bits per heavy atom. The van der Waals surface area contributed by atoms with E-state index in [0.29, 0.717) is 11.5 Å². The highest BCUT2D eigenvalue weighted by Gasteiger charge is 2.31. The maximum atomic E-state index is 12.3. The lowest BCUT2D eigenvalue weighted by Gasteiger charge is -2.06. The molecule has 0 amide bonds. The molecule has 0 aliphatic heterocycles. The van der Waals surface area contributed by atoms with Gasteiger partial charge in [-0.05, 0) is 6.07 Å².